The van der Waals surface area contributed by atoms with Crippen molar-refractivity contribution in [3.63, 3.8) is 0 Å². The van der Waals surface area contributed by atoms with E-state index >= 15 is 0 Å². The van der Waals surface area contributed by atoms with Gasteiger partial charge >= 0.3 is 6.03 Å². The predicted molar refractivity (Wildman–Crippen MR) is 69.6 cm³/mol. The van der Waals surface area contributed by atoms with Crippen molar-refractivity contribution in [2.45, 2.75) is 26.0 Å². The molecule has 7 nitrogen and oxygen atoms in total. The number of carbonyl (C=O) groups excluding carboxylic acids is 1. The Morgan fingerprint density at radius 1 is 1.37 bits per heavy atom. The zero-order chi connectivity index (χ0) is 14.3. The van der Waals surface area contributed by atoms with Crippen molar-refractivity contribution in [2.75, 3.05) is 6.54 Å². The Kier molecular flexibility index (Phi) is 5.74. The Labute approximate surface area is 110 Å². The fourth-order valence-corrected chi connectivity index (χ4v) is 1.37. The molecule has 0 aromatic heterocycles. The lowest BCUT2D eigenvalue weighted by Gasteiger charge is -2.08. The maximum atomic E-state index is 11.4. The smallest absolute Gasteiger partial charge is 0.315 e. The van der Waals surface area contributed by atoms with Crippen LogP contribution in [0, 0.1) is 10.1 Å². The predicted octanol–water partition coefficient (Wildman–Crippen LogP) is 1.16. The van der Waals surface area contributed by atoms with Gasteiger partial charge in [0.25, 0.3) is 5.69 Å². The number of carbonyl (C=O) groups is 1. The van der Waals surface area contributed by atoms with Gasteiger partial charge in [-0.2, -0.15) is 0 Å². The molecular weight excluding hydrogens is 250 g/mol. The SMILES string of the molecule is CC(O)CCNC(=O)NCc1ccc([N+](=O)[O-])cc1. The Hall–Kier alpha value is -2.15. The zero-order valence-corrected chi connectivity index (χ0v) is 10.6. The van der Waals surface area contributed by atoms with Crippen molar-refractivity contribution in [3.8, 4) is 0 Å². The van der Waals surface area contributed by atoms with Gasteiger partial charge in [-0.05, 0) is 18.9 Å². The number of aliphatic hydroxyl groups excluding tert-OH is 1. The number of nitro groups is 1. The van der Waals surface area contributed by atoms with Crippen LogP contribution in [0.5, 0.6) is 0 Å². The molecule has 1 rings (SSSR count). The van der Waals surface area contributed by atoms with Crippen molar-refractivity contribution in [1.82, 2.24) is 10.6 Å². The molecule has 1 aromatic rings. The first kappa shape index (κ1) is 14.9. The molecule has 1 atom stereocenters. The van der Waals surface area contributed by atoms with Gasteiger partial charge in [0.15, 0.2) is 0 Å². The minimum atomic E-state index is -0.472. The number of amides is 2. The van der Waals surface area contributed by atoms with E-state index in [1.54, 1.807) is 19.1 Å². The van der Waals surface area contributed by atoms with Crippen LogP contribution in [0.4, 0.5) is 10.5 Å². The number of hydrogen-bond acceptors (Lipinski definition) is 4. The average Bonchev–Trinajstić information content (AvgIpc) is 2.36. The van der Waals surface area contributed by atoms with E-state index in [4.69, 9.17) is 5.11 Å². The lowest BCUT2D eigenvalue weighted by atomic mass is 10.2. The van der Waals surface area contributed by atoms with Crippen LogP contribution in [0.1, 0.15) is 18.9 Å². The third kappa shape index (κ3) is 5.82. The number of nitrogens with zero attached hydrogens (tertiary/aromatic N) is 1. The van der Waals surface area contributed by atoms with Crippen LogP contribution >= 0.6 is 0 Å². The van der Waals surface area contributed by atoms with Gasteiger partial charge in [0, 0.05) is 25.2 Å². The lowest BCUT2D eigenvalue weighted by molar-refractivity contribution is -0.384. The van der Waals surface area contributed by atoms with Crippen LogP contribution in [0.2, 0.25) is 0 Å². The number of nitrogens with one attached hydrogen (secondary N) is 2. The fourth-order valence-electron chi connectivity index (χ4n) is 1.37. The second kappa shape index (κ2) is 7.32. The van der Waals surface area contributed by atoms with Gasteiger partial charge in [0.2, 0.25) is 0 Å². The Balaban J connectivity index is 2.32. The highest BCUT2D eigenvalue weighted by molar-refractivity contribution is 5.73. The van der Waals surface area contributed by atoms with E-state index in [0.29, 0.717) is 19.5 Å². The third-order valence-corrected chi connectivity index (χ3v) is 2.45. The second-order valence-corrected chi connectivity index (χ2v) is 4.17. The monoisotopic (exact) mass is 267 g/mol. The molecule has 2 amide bonds. The molecule has 0 aliphatic rings. The van der Waals surface area contributed by atoms with Crippen LogP contribution in [-0.4, -0.2) is 28.7 Å². The molecule has 0 radical (unpaired) electrons. The Morgan fingerprint density at radius 3 is 2.53 bits per heavy atom. The summed E-state index contributed by atoms with van der Waals surface area (Å²) in [7, 11) is 0. The number of non-ortho nitro benzene ring substituents is 1. The summed E-state index contributed by atoms with van der Waals surface area (Å²) in [4.78, 5) is 21.3. The summed E-state index contributed by atoms with van der Waals surface area (Å²) in [6, 6.07) is 5.63. The summed E-state index contributed by atoms with van der Waals surface area (Å²) >= 11 is 0. The molecule has 0 heterocycles. The molecule has 0 spiro atoms. The van der Waals surface area contributed by atoms with E-state index in [1.165, 1.54) is 12.1 Å². The summed E-state index contributed by atoms with van der Waals surface area (Å²) in [6.45, 7) is 2.33. The van der Waals surface area contributed by atoms with Gasteiger partial charge in [-0.15, -0.1) is 0 Å². The summed E-state index contributed by atoms with van der Waals surface area (Å²) in [6.07, 6.45) is 0.0419. The molecule has 1 aromatic carbocycles. The number of urea groups is 1. The van der Waals surface area contributed by atoms with E-state index in [-0.39, 0.29) is 11.7 Å². The van der Waals surface area contributed by atoms with Crippen LogP contribution < -0.4 is 10.6 Å². The van der Waals surface area contributed by atoms with E-state index in [2.05, 4.69) is 10.6 Å². The first-order chi connectivity index (χ1) is 8.99. The summed E-state index contributed by atoms with van der Waals surface area (Å²) < 4.78 is 0. The van der Waals surface area contributed by atoms with Gasteiger partial charge in [-0.1, -0.05) is 12.1 Å². The van der Waals surface area contributed by atoms with Crippen molar-refractivity contribution < 1.29 is 14.8 Å². The van der Waals surface area contributed by atoms with Gasteiger partial charge in [0.1, 0.15) is 0 Å². The molecule has 0 saturated carbocycles. The Morgan fingerprint density at radius 2 is 2.00 bits per heavy atom. The molecule has 3 N–H and O–H groups in total. The highest BCUT2D eigenvalue weighted by atomic mass is 16.6. The highest BCUT2D eigenvalue weighted by Crippen LogP contribution is 2.11. The normalized spacial score (nSPS) is 11.7. The Bertz CT molecular complexity index is 431. The standard InChI is InChI=1S/C12H17N3O4/c1-9(16)6-7-13-12(17)14-8-10-2-4-11(5-3-10)15(18)19/h2-5,9,16H,6-8H2,1H3,(H2,13,14,17). The fraction of sp³-hybridized carbons (Fsp3) is 0.417. The number of nitro benzene ring substituents is 1. The molecule has 0 fully saturated rings. The molecule has 0 aliphatic heterocycles. The molecule has 7 heteroatoms. The molecule has 104 valence electrons. The van der Waals surface area contributed by atoms with Crippen LogP contribution in [-0.2, 0) is 6.54 Å². The lowest BCUT2D eigenvalue weighted by Crippen LogP contribution is -2.36. The highest BCUT2D eigenvalue weighted by Gasteiger charge is 2.05. The first-order valence-electron chi connectivity index (χ1n) is 5.92. The summed E-state index contributed by atoms with van der Waals surface area (Å²) in [5.41, 5.74) is 0.793. The van der Waals surface area contributed by atoms with Crippen LogP contribution in [0.3, 0.4) is 0 Å². The largest absolute Gasteiger partial charge is 0.393 e. The van der Waals surface area contributed by atoms with Crippen LogP contribution in [0.15, 0.2) is 24.3 Å². The van der Waals surface area contributed by atoms with Gasteiger partial charge in [-0.3, -0.25) is 10.1 Å². The van der Waals surface area contributed by atoms with E-state index in [0.717, 1.165) is 5.56 Å². The molecule has 19 heavy (non-hydrogen) atoms. The topological polar surface area (TPSA) is 104 Å². The molecule has 0 saturated heterocycles. The molecule has 1 unspecified atom stereocenters. The van der Waals surface area contributed by atoms with Crippen molar-refractivity contribution in [3.05, 3.63) is 39.9 Å². The van der Waals surface area contributed by atoms with Gasteiger partial charge in [-0.25, -0.2) is 4.79 Å². The zero-order valence-electron chi connectivity index (χ0n) is 10.6. The minimum Gasteiger partial charge on any atom is -0.393 e. The number of benzene rings is 1. The minimum absolute atomic E-state index is 0.0186. The van der Waals surface area contributed by atoms with E-state index in [1.807, 2.05) is 0 Å². The number of rotatable bonds is 6. The summed E-state index contributed by atoms with van der Waals surface area (Å²) in [5.74, 6) is 0. The summed E-state index contributed by atoms with van der Waals surface area (Å²) in [5, 5.41) is 24.7. The van der Waals surface area contributed by atoms with Gasteiger partial charge < -0.3 is 15.7 Å². The first-order valence-corrected chi connectivity index (χ1v) is 5.92. The number of hydrogen-bond donors (Lipinski definition) is 3. The van der Waals surface area contributed by atoms with Crippen molar-refractivity contribution >= 4 is 11.7 Å². The van der Waals surface area contributed by atoms with Crippen LogP contribution in [0.25, 0.3) is 0 Å². The quantitative estimate of drug-likeness (QED) is 0.531. The van der Waals surface area contributed by atoms with Gasteiger partial charge in [0.05, 0.1) is 11.0 Å². The van der Waals surface area contributed by atoms with Crippen molar-refractivity contribution in [1.29, 1.82) is 0 Å². The maximum Gasteiger partial charge on any atom is 0.315 e. The van der Waals surface area contributed by atoms with E-state index in [9.17, 15) is 14.9 Å². The average molecular weight is 267 g/mol. The third-order valence-electron chi connectivity index (χ3n) is 2.45. The maximum absolute atomic E-state index is 11.4. The number of aliphatic hydroxyl groups is 1. The second-order valence-electron chi connectivity index (χ2n) is 4.17. The molecular formula is C12H17N3O4. The molecule has 0 bridgehead atoms. The van der Waals surface area contributed by atoms with Crippen molar-refractivity contribution in [2.24, 2.45) is 0 Å². The molecule has 0 aliphatic carbocycles. The van der Waals surface area contributed by atoms with E-state index < -0.39 is 11.0 Å².